The number of carbonyl (C=O) groups is 1. The van der Waals surface area contributed by atoms with Crippen LogP contribution in [0.5, 0.6) is 0 Å². The minimum Gasteiger partial charge on any atom is -0.464 e. The average molecular weight is 280 g/mol. The number of rotatable bonds is 4. The molecule has 0 fully saturated rings. The SMILES string of the molecule is COC(=O)c1nc(N(C)Cc2cnn(C)c2)sc1C. The molecule has 0 bridgehead atoms. The second-order valence-corrected chi connectivity index (χ2v) is 5.45. The standard InChI is InChI=1S/C12H16N4O2S/c1-8-10(11(17)18-4)14-12(19-8)15(2)6-9-5-13-16(3)7-9/h5,7H,6H2,1-4H3. The van der Waals surface area contributed by atoms with E-state index >= 15 is 0 Å². The fourth-order valence-electron chi connectivity index (χ4n) is 1.73. The number of anilines is 1. The van der Waals surface area contributed by atoms with Crippen LogP contribution in [0.2, 0.25) is 0 Å². The van der Waals surface area contributed by atoms with Gasteiger partial charge in [-0.2, -0.15) is 5.10 Å². The third-order valence-electron chi connectivity index (χ3n) is 2.67. The van der Waals surface area contributed by atoms with E-state index in [0.717, 1.165) is 15.6 Å². The van der Waals surface area contributed by atoms with Crippen LogP contribution < -0.4 is 4.90 Å². The summed E-state index contributed by atoms with van der Waals surface area (Å²) in [4.78, 5) is 18.7. The van der Waals surface area contributed by atoms with Gasteiger partial charge in [0, 0.05) is 37.3 Å². The van der Waals surface area contributed by atoms with E-state index in [9.17, 15) is 4.79 Å². The molecule has 19 heavy (non-hydrogen) atoms. The first-order valence-corrected chi connectivity index (χ1v) is 6.57. The Labute approximate surface area is 115 Å². The van der Waals surface area contributed by atoms with Crippen LogP contribution in [0.25, 0.3) is 0 Å². The van der Waals surface area contributed by atoms with Gasteiger partial charge in [0.15, 0.2) is 10.8 Å². The van der Waals surface area contributed by atoms with Crippen molar-refractivity contribution in [3.05, 3.63) is 28.5 Å². The molecule has 0 atom stereocenters. The van der Waals surface area contributed by atoms with Gasteiger partial charge in [0.1, 0.15) is 0 Å². The molecule has 0 aliphatic rings. The van der Waals surface area contributed by atoms with E-state index in [0.29, 0.717) is 12.2 Å². The van der Waals surface area contributed by atoms with Crippen LogP contribution >= 0.6 is 11.3 Å². The van der Waals surface area contributed by atoms with E-state index in [4.69, 9.17) is 4.74 Å². The number of methoxy groups -OCH3 is 1. The number of esters is 1. The Kier molecular flexibility index (Phi) is 3.84. The molecule has 0 saturated carbocycles. The summed E-state index contributed by atoms with van der Waals surface area (Å²) in [6, 6.07) is 0. The van der Waals surface area contributed by atoms with Crippen molar-refractivity contribution < 1.29 is 9.53 Å². The minimum absolute atomic E-state index is 0.389. The van der Waals surface area contributed by atoms with E-state index in [1.54, 1.807) is 4.68 Å². The summed E-state index contributed by atoms with van der Waals surface area (Å²) in [5.41, 5.74) is 1.48. The zero-order valence-corrected chi connectivity index (χ0v) is 12.2. The summed E-state index contributed by atoms with van der Waals surface area (Å²) < 4.78 is 6.47. The number of nitrogens with zero attached hydrogens (tertiary/aromatic N) is 4. The largest absolute Gasteiger partial charge is 0.464 e. The highest BCUT2D eigenvalue weighted by Gasteiger charge is 2.18. The van der Waals surface area contributed by atoms with Gasteiger partial charge in [0.25, 0.3) is 0 Å². The van der Waals surface area contributed by atoms with Gasteiger partial charge < -0.3 is 9.64 Å². The molecular formula is C12H16N4O2S. The summed E-state index contributed by atoms with van der Waals surface area (Å²) in [5.74, 6) is -0.394. The Bertz CT molecular complexity index is 590. The minimum atomic E-state index is -0.394. The van der Waals surface area contributed by atoms with Crippen molar-refractivity contribution in [2.24, 2.45) is 7.05 Å². The lowest BCUT2D eigenvalue weighted by Crippen LogP contribution is -2.16. The summed E-state index contributed by atoms with van der Waals surface area (Å²) in [6.07, 6.45) is 3.77. The van der Waals surface area contributed by atoms with Gasteiger partial charge in [-0.05, 0) is 6.92 Å². The highest BCUT2D eigenvalue weighted by molar-refractivity contribution is 7.15. The van der Waals surface area contributed by atoms with Gasteiger partial charge in [-0.25, -0.2) is 9.78 Å². The first-order chi connectivity index (χ1) is 9.01. The van der Waals surface area contributed by atoms with Crippen molar-refractivity contribution in [1.82, 2.24) is 14.8 Å². The fourth-order valence-corrected chi connectivity index (χ4v) is 2.58. The Balaban J connectivity index is 2.15. The molecule has 0 unspecified atom stereocenters. The zero-order valence-electron chi connectivity index (χ0n) is 11.4. The lowest BCUT2D eigenvalue weighted by atomic mass is 10.3. The normalized spacial score (nSPS) is 10.5. The maximum atomic E-state index is 11.5. The van der Waals surface area contributed by atoms with Crippen LogP contribution in [0.3, 0.4) is 0 Å². The van der Waals surface area contributed by atoms with Crippen LogP contribution in [0.1, 0.15) is 20.9 Å². The molecule has 2 heterocycles. The highest BCUT2D eigenvalue weighted by atomic mass is 32.1. The molecule has 6 nitrogen and oxygen atoms in total. The van der Waals surface area contributed by atoms with Gasteiger partial charge in [-0.15, -0.1) is 11.3 Å². The number of aromatic nitrogens is 3. The second kappa shape index (κ2) is 5.40. The third-order valence-corrected chi connectivity index (χ3v) is 3.75. The Morgan fingerprint density at radius 1 is 1.58 bits per heavy atom. The Morgan fingerprint density at radius 3 is 2.89 bits per heavy atom. The first-order valence-electron chi connectivity index (χ1n) is 5.75. The number of thiazole rings is 1. The first kappa shape index (κ1) is 13.5. The molecule has 0 aliphatic heterocycles. The smallest absolute Gasteiger partial charge is 0.357 e. The van der Waals surface area contributed by atoms with Crippen LogP contribution in [0, 0.1) is 6.92 Å². The van der Waals surface area contributed by atoms with E-state index in [1.165, 1.54) is 18.4 Å². The van der Waals surface area contributed by atoms with Crippen molar-refractivity contribution in [3.8, 4) is 0 Å². The number of carbonyl (C=O) groups excluding carboxylic acids is 1. The molecule has 0 saturated heterocycles. The van der Waals surface area contributed by atoms with Gasteiger partial charge >= 0.3 is 5.97 Å². The van der Waals surface area contributed by atoms with Crippen molar-refractivity contribution in [2.45, 2.75) is 13.5 Å². The zero-order chi connectivity index (χ0) is 14.0. The molecule has 0 N–H and O–H groups in total. The van der Waals surface area contributed by atoms with E-state index in [-0.39, 0.29) is 0 Å². The van der Waals surface area contributed by atoms with Crippen LogP contribution in [-0.4, -0.2) is 34.9 Å². The highest BCUT2D eigenvalue weighted by Crippen LogP contribution is 2.26. The predicted molar refractivity (Wildman–Crippen MR) is 73.5 cm³/mol. The molecule has 2 aromatic rings. The van der Waals surface area contributed by atoms with E-state index in [1.807, 2.05) is 38.3 Å². The van der Waals surface area contributed by atoms with Crippen LogP contribution in [-0.2, 0) is 18.3 Å². The average Bonchev–Trinajstić information content (AvgIpc) is 2.95. The van der Waals surface area contributed by atoms with Crippen molar-refractivity contribution in [1.29, 1.82) is 0 Å². The molecule has 2 rings (SSSR count). The molecule has 0 radical (unpaired) electrons. The quantitative estimate of drug-likeness (QED) is 0.796. The van der Waals surface area contributed by atoms with E-state index in [2.05, 4.69) is 10.1 Å². The van der Waals surface area contributed by atoms with E-state index < -0.39 is 5.97 Å². The molecular weight excluding hydrogens is 264 g/mol. The molecule has 7 heteroatoms. The summed E-state index contributed by atoms with van der Waals surface area (Å²) >= 11 is 1.48. The van der Waals surface area contributed by atoms with Gasteiger partial charge in [-0.1, -0.05) is 0 Å². The number of hydrogen-bond acceptors (Lipinski definition) is 6. The molecule has 102 valence electrons. The summed E-state index contributed by atoms with van der Waals surface area (Å²) in [7, 11) is 5.18. The Morgan fingerprint density at radius 2 is 2.32 bits per heavy atom. The lowest BCUT2D eigenvalue weighted by molar-refractivity contribution is 0.0594. The second-order valence-electron chi connectivity index (χ2n) is 4.27. The van der Waals surface area contributed by atoms with Gasteiger partial charge in [0.05, 0.1) is 13.3 Å². The summed E-state index contributed by atoms with van der Waals surface area (Å²) in [5, 5.41) is 4.92. The van der Waals surface area contributed by atoms with Crippen molar-refractivity contribution in [3.63, 3.8) is 0 Å². The fraction of sp³-hybridized carbons (Fsp3) is 0.417. The topological polar surface area (TPSA) is 60.2 Å². The van der Waals surface area contributed by atoms with Crippen molar-refractivity contribution in [2.75, 3.05) is 19.1 Å². The summed E-state index contributed by atoms with van der Waals surface area (Å²) in [6.45, 7) is 2.56. The number of aryl methyl sites for hydroxylation is 2. The molecule has 0 amide bonds. The molecule has 2 aromatic heterocycles. The lowest BCUT2D eigenvalue weighted by Gasteiger charge is -2.13. The predicted octanol–water partition coefficient (Wildman–Crippen LogP) is 1.61. The number of hydrogen-bond donors (Lipinski definition) is 0. The number of ether oxygens (including phenoxy) is 1. The van der Waals surface area contributed by atoms with Crippen LogP contribution in [0.15, 0.2) is 12.4 Å². The molecule has 0 aliphatic carbocycles. The van der Waals surface area contributed by atoms with Gasteiger partial charge in [0.2, 0.25) is 0 Å². The molecule has 0 aromatic carbocycles. The molecule has 0 spiro atoms. The monoisotopic (exact) mass is 280 g/mol. The Hall–Kier alpha value is -1.89. The maximum absolute atomic E-state index is 11.5. The van der Waals surface area contributed by atoms with Crippen LogP contribution in [0.4, 0.5) is 5.13 Å². The third kappa shape index (κ3) is 2.93. The maximum Gasteiger partial charge on any atom is 0.357 e. The van der Waals surface area contributed by atoms with Crippen molar-refractivity contribution >= 4 is 22.4 Å². The van der Waals surface area contributed by atoms with Gasteiger partial charge in [-0.3, -0.25) is 4.68 Å².